The van der Waals surface area contributed by atoms with Gasteiger partial charge >= 0.3 is 0 Å². The van der Waals surface area contributed by atoms with Gasteiger partial charge in [-0.2, -0.15) is 0 Å². The number of rotatable bonds is 4. The summed E-state index contributed by atoms with van der Waals surface area (Å²) in [5, 5.41) is 0.847. The summed E-state index contributed by atoms with van der Waals surface area (Å²) in [5.41, 5.74) is 0.971. The molecular weight excluding hydrogens is 306 g/mol. The summed E-state index contributed by atoms with van der Waals surface area (Å²) in [4.78, 5) is 11.0. The predicted molar refractivity (Wildman–Crippen MR) is 81.0 cm³/mol. The Labute approximate surface area is 123 Å². The lowest BCUT2D eigenvalue weighted by atomic mass is 10.1. The molecule has 1 aliphatic heterocycles. The number of ether oxygens (including phenoxy) is 1. The first kappa shape index (κ1) is 14.7. The maximum atomic E-state index is 6.02. The minimum absolute atomic E-state index is 0.146. The van der Waals surface area contributed by atoms with Crippen molar-refractivity contribution in [1.82, 2.24) is 9.97 Å². The molecule has 0 radical (unpaired) electrons. The molecule has 1 saturated heterocycles. The summed E-state index contributed by atoms with van der Waals surface area (Å²) in [5.74, 6) is 1.01. The second-order valence-electron chi connectivity index (χ2n) is 5.65. The van der Waals surface area contributed by atoms with Crippen LogP contribution in [0.2, 0.25) is 0 Å². The van der Waals surface area contributed by atoms with E-state index in [1.54, 1.807) is 6.33 Å². The summed E-state index contributed by atoms with van der Waals surface area (Å²) in [6, 6.07) is 2.11. The molecule has 0 spiro atoms. The van der Waals surface area contributed by atoms with Gasteiger partial charge < -0.3 is 9.64 Å². The summed E-state index contributed by atoms with van der Waals surface area (Å²) in [7, 11) is 0. The van der Waals surface area contributed by atoms with Crippen LogP contribution in [0, 0.1) is 0 Å². The molecular formula is C14H22BrN3O. The highest BCUT2D eigenvalue weighted by atomic mass is 79.9. The summed E-state index contributed by atoms with van der Waals surface area (Å²) in [6.45, 7) is 8.16. The molecule has 0 aromatic carbocycles. The number of aromatic nitrogens is 2. The minimum Gasteiger partial charge on any atom is -0.368 e. The quantitative estimate of drug-likeness (QED) is 0.797. The summed E-state index contributed by atoms with van der Waals surface area (Å²) < 4.78 is 6.02. The van der Waals surface area contributed by atoms with Crippen molar-refractivity contribution >= 4 is 21.7 Å². The Balaban J connectivity index is 2.17. The number of hydrogen-bond acceptors (Lipinski definition) is 4. The van der Waals surface area contributed by atoms with E-state index in [4.69, 9.17) is 4.74 Å². The molecule has 0 aliphatic carbocycles. The van der Waals surface area contributed by atoms with Crippen LogP contribution in [0.1, 0.15) is 32.9 Å². The van der Waals surface area contributed by atoms with E-state index < -0.39 is 0 Å². The standard InChI is InChI=1S/C14H22BrN3O/c1-4-5-11-6-13(17-10-16-11)18-8-12(7-15)19-14(2,3)9-18/h6,10,12H,4-5,7-9H2,1-3H3. The first-order chi connectivity index (χ1) is 9.04. The maximum absolute atomic E-state index is 6.02. The van der Waals surface area contributed by atoms with Gasteiger partial charge in [0.15, 0.2) is 0 Å². The van der Waals surface area contributed by atoms with E-state index in [-0.39, 0.29) is 11.7 Å². The van der Waals surface area contributed by atoms with Crippen LogP contribution in [0.4, 0.5) is 5.82 Å². The maximum Gasteiger partial charge on any atom is 0.132 e. The zero-order chi connectivity index (χ0) is 13.9. The van der Waals surface area contributed by atoms with Gasteiger partial charge in [0.25, 0.3) is 0 Å². The SMILES string of the molecule is CCCc1cc(N2CC(CBr)OC(C)(C)C2)ncn1. The highest BCUT2D eigenvalue weighted by molar-refractivity contribution is 9.09. The van der Waals surface area contributed by atoms with Crippen molar-refractivity contribution in [2.75, 3.05) is 23.3 Å². The second kappa shape index (κ2) is 6.18. The molecule has 0 saturated carbocycles. The monoisotopic (exact) mass is 327 g/mol. The van der Waals surface area contributed by atoms with E-state index in [1.807, 2.05) is 0 Å². The van der Waals surface area contributed by atoms with Crippen molar-refractivity contribution in [2.24, 2.45) is 0 Å². The number of alkyl halides is 1. The first-order valence-corrected chi connectivity index (χ1v) is 7.96. The van der Waals surface area contributed by atoms with Crippen LogP contribution < -0.4 is 4.90 Å². The normalized spacial score (nSPS) is 22.5. The number of morpholine rings is 1. The lowest BCUT2D eigenvalue weighted by molar-refractivity contribution is -0.0726. The molecule has 1 fully saturated rings. The lowest BCUT2D eigenvalue weighted by Crippen LogP contribution is -2.53. The first-order valence-electron chi connectivity index (χ1n) is 6.83. The molecule has 2 heterocycles. The van der Waals surface area contributed by atoms with E-state index in [9.17, 15) is 0 Å². The molecule has 106 valence electrons. The van der Waals surface area contributed by atoms with E-state index in [2.05, 4.69) is 57.6 Å². The third kappa shape index (κ3) is 3.89. The molecule has 2 rings (SSSR count). The fourth-order valence-corrected chi connectivity index (χ4v) is 2.84. The molecule has 0 bridgehead atoms. The Bertz CT molecular complexity index is 425. The Morgan fingerprint density at radius 2 is 2.26 bits per heavy atom. The summed E-state index contributed by atoms with van der Waals surface area (Å²) in [6.07, 6.45) is 3.99. The van der Waals surface area contributed by atoms with Crippen molar-refractivity contribution in [3.8, 4) is 0 Å². The van der Waals surface area contributed by atoms with Gasteiger partial charge in [-0.1, -0.05) is 29.3 Å². The predicted octanol–water partition coefficient (Wildman–Crippen LogP) is 2.81. The van der Waals surface area contributed by atoms with E-state index in [0.29, 0.717) is 0 Å². The van der Waals surface area contributed by atoms with E-state index in [0.717, 1.165) is 42.8 Å². The van der Waals surface area contributed by atoms with Crippen molar-refractivity contribution in [3.05, 3.63) is 18.1 Å². The van der Waals surface area contributed by atoms with Crippen LogP contribution in [-0.2, 0) is 11.2 Å². The van der Waals surface area contributed by atoms with Gasteiger partial charge in [0, 0.05) is 30.2 Å². The van der Waals surface area contributed by atoms with Gasteiger partial charge in [-0.25, -0.2) is 9.97 Å². The zero-order valence-electron chi connectivity index (χ0n) is 11.9. The van der Waals surface area contributed by atoms with E-state index in [1.165, 1.54) is 0 Å². The van der Waals surface area contributed by atoms with Crippen molar-refractivity contribution in [1.29, 1.82) is 0 Å². The number of anilines is 1. The number of nitrogens with zero attached hydrogens (tertiary/aromatic N) is 3. The van der Waals surface area contributed by atoms with Crippen LogP contribution in [0.5, 0.6) is 0 Å². The smallest absolute Gasteiger partial charge is 0.132 e. The average Bonchev–Trinajstić information content (AvgIpc) is 2.37. The van der Waals surface area contributed by atoms with Gasteiger partial charge in [-0.15, -0.1) is 0 Å². The Kier molecular flexibility index (Phi) is 4.79. The van der Waals surface area contributed by atoms with Crippen molar-refractivity contribution < 1.29 is 4.74 Å². The third-order valence-electron chi connectivity index (χ3n) is 3.19. The third-order valence-corrected chi connectivity index (χ3v) is 3.92. The zero-order valence-corrected chi connectivity index (χ0v) is 13.5. The number of aryl methyl sites for hydroxylation is 1. The highest BCUT2D eigenvalue weighted by Gasteiger charge is 2.33. The Hall–Kier alpha value is -0.680. The number of hydrogen-bond donors (Lipinski definition) is 0. The van der Waals surface area contributed by atoms with Gasteiger partial charge in [-0.3, -0.25) is 0 Å². The van der Waals surface area contributed by atoms with Crippen LogP contribution >= 0.6 is 15.9 Å². The fourth-order valence-electron chi connectivity index (χ4n) is 2.50. The van der Waals surface area contributed by atoms with Crippen molar-refractivity contribution in [2.45, 2.75) is 45.3 Å². The molecule has 0 N–H and O–H groups in total. The minimum atomic E-state index is -0.146. The van der Waals surface area contributed by atoms with Crippen LogP contribution in [0.25, 0.3) is 0 Å². The molecule has 1 aromatic rings. The van der Waals surface area contributed by atoms with Crippen LogP contribution in [0.3, 0.4) is 0 Å². The molecule has 1 aliphatic rings. The number of halogens is 1. The largest absolute Gasteiger partial charge is 0.368 e. The van der Waals surface area contributed by atoms with Crippen LogP contribution in [0.15, 0.2) is 12.4 Å². The van der Waals surface area contributed by atoms with E-state index >= 15 is 0 Å². The lowest BCUT2D eigenvalue weighted by Gasteiger charge is -2.43. The molecule has 4 nitrogen and oxygen atoms in total. The van der Waals surface area contributed by atoms with Gasteiger partial charge in [0.2, 0.25) is 0 Å². The summed E-state index contributed by atoms with van der Waals surface area (Å²) >= 11 is 3.52. The van der Waals surface area contributed by atoms with Crippen LogP contribution in [-0.4, -0.2) is 40.1 Å². The molecule has 1 aromatic heterocycles. The molecule has 19 heavy (non-hydrogen) atoms. The second-order valence-corrected chi connectivity index (χ2v) is 6.30. The molecule has 1 atom stereocenters. The van der Waals surface area contributed by atoms with Gasteiger partial charge in [-0.05, 0) is 20.3 Å². The Morgan fingerprint density at radius 1 is 1.47 bits per heavy atom. The fraction of sp³-hybridized carbons (Fsp3) is 0.714. The topological polar surface area (TPSA) is 38.2 Å². The molecule has 1 unspecified atom stereocenters. The van der Waals surface area contributed by atoms with Gasteiger partial charge in [0.1, 0.15) is 12.1 Å². The van der Waals surface area contributed by atoms with Crippen molar-refractivity contribution in [3.63, 3.8) is 0 Å². The molecule has 5 heteroatoms. The highest BCUT2D eigenvalue weighted by Crippen LogP contribution is 2.25. The average molecular weight is 328 g/mol. The molecule has 0 amide bonds. The Morgan fingerprint density at radius 3 is 2.95 bits per heavy atom. The van der Waals surface area contributed by atoms with Gasteiger partial charge in [0.05, 0.1) is 11.7 Å².